The zero-order valence-electron chi connectivity index (χ0n) is 13.4. The number of ketones is 1. The second-order valence-electron chi connectivity index (χ2n) is 5.55. The summed E-state index contributed by atoms with van der Waals surface area (Å²) in [5, 5.41) is 8.95. The van der Waals surface area contributed by atoms with Crippen LogP contribution in [0.1, 0.15) is 21.5 Å². The van der Waals surface area contributed by atoms with Gasteiger partial charge in [0.15, 0.2) is 23.9 Å². The third kappa shape index (κ3) is 3.51. The van der Waals surface area contributed by atoms with E-state index in [4.69, 9.17) is 26.2 Å². The molecule has 1 aliphatic rings. The molecule has 0 saturated heterocycles. The normalized spacial score (nSPS) is 14.5. The maximum absolute atomic E-state index is 12.5. The van der Waals surface area contributed by atoms with Crippen LogP contribution in [-0.2, 0) is 11.2 Å². The van der Waals surface area contributed by atoms with Gasteiger partial charge in [-0.2, -0.15) is 0 Å². The molecule has 0 amide bonds. The number of carboxylic acid groups (broad SMARTS) is 1. The molecule has 0 heterocycles. The quantitative estimate of drug-likeness (QED) is 0.826. The van der Waals surface area contributed by atoms with Gasteiger partial charge in [0, 0.05) is 17.6 Å². The second kappa shape index (κ2) is 6.99. The molecule has 25 heavy (non-hydrogen) atoms. The van der Waals surface area contributed by atoms with E-state index in [1.54, 1.807) is 18.2 Å². The van der Waals surface area contributed by atoms with E-state index in [-0.39, 0.29) is 16.6 Å². The first kappa shape index (κ1) is 17.0. The van der Waals surface area contributed by atoms with Crippen LogP contribution in [0.2, 0.25) is 5.02 Å². The van der Waals surface area contributed by atoms with Crippen molar-refractivity contribution in [2.24, 2.45) is 0 Å². The molecule has 0 aliphatic heterocycles. The summed E-state index contributed by atoms with van der Waals surface area (Å²) in [7, 11) is 1.44. The van der Waals surface area contributed by atoms with Gasteiger partial charge in [0.2, 0.25) is 0 Å². The Balaban J connectivity index is 1.93. The van der Waals surface area contributed by atoms with Crippen LogP contribution in [0.4, 0.5) is 0 Å². The molecule has 0 fully saturated rings. The predicted molar refractivity (Wildman–Crippen MR) is 93.6 cm³/mol. The van der Waals surface area contributed by atoms with E-state index in [1.807, 2.05) is 24.3 Å². The zero-order valence-corrected chi connectivity index (χ0v) is 14.2. The highest BCUT2D eigenvalue weighted by Gasteiger charge is 2.24. The van der Waals surface area contributed by atoms with E-state index in [9.17, 15) is 9.59 Å². The van der Waals surface area contributed by atoms with Crippen molar-refractivity contribution in [1.29, 1.82) is 0 Å². The maximum Gasteiger partial charge on any atom is 0.341 e. The molecule has 5 nitrogen and oxygen atoms in total. The van der Waals surface area contributed by atoms with Crippen molar-refractivity contribution in [3.63, 3.8) is 0 Å². The van der Waals surface area contributed by atoms with Gasteiger partial charge in [-0.25, -0.2) is 4.79 Å². The number of allylic oxidation sites excluding steroid dienone is 1. The van der Waals surface area contributed by atoms with Gasteiger partial charge in [0.25, 0.3) is 0 Å². The number of benzene rings is 2. The third-order valence-electron chi connectivity index (χ3n) is 3.87. The van der Waals surface area contributed by atoms with Crippen LogP contribution in [-0.4, -0.2) is 30.6 Å². The number of Topliss-reactive ketones (excluding diaryl/α,β-unsaturated/α-hetero) is 1. The summed E-state index contributed by atoms with van der Waals surface area (Å²) in [5.41, 5.74) is 3.06. The summed E-state index contributed by atoms with van der Waals surface area (Å²) in [4.78, 5) is 23.1. The molecule has 0 bridgehead atoms. The molecule has 2 aromatic carbocycles. The third-order valence-corrected chi connectivity index (χ3v) is 4.15. The number of carboxylic acids is 1. The number of carbonyl (C=O) groups excluding carboxylic acids is 1. The minimum absolute atomic E-state index is 0.00288. The van der Waals surface area contributed by atoms with Gasteiger partial charge in [0.05, 0.1) is 12.1 Å². The van der Waals surface area contributed by atoms with Crippen molar-refractivity contribution in [2.75, 3.05) is 13.7 Å². The Morgan fingerprint density at radius 2 is 2.08 bits per heavy atom. The average Bonchev–Trinajstić information content (AvgIpc) is 2.89. The minimum atomic E-state index is -1.11. The fraction of sp³-hybridized carbons (Fsp3) is 0.158. The van der Waals surface area contributed by atoms with Gasteiger partial charge in [0.1, 0.15) is 0 Å². The SMILES string of the molecule is COc1cc(/C=C2\Cc3ccccc3C2=O)cc(Cl)c1OCC(=O)O. The van der Waals surface area contributed by atoms with Gasteiger partial charge in [-0.3, -0.25) is 4.79 Å². The minimum Gasteiger partial charge on any atom is -0.493 e. The second-order valence-corrected chi connectivity index (χ2v) is 5.96. The largest absolute Gasteiger partial charge is 0.493 e. The van der Waals surface area contributed by atoms with E-state index in [0.29, 0.717) is 28.9 Å². The topological polar surface area (TPSA) is 72.8 Å². The lowest BCUT2D eigenvalue weighted by molar-refractivity contribution is -0.139. The van der Waals surface area contributed by atoms with Crippen LogP contribution in [0.15, 0.2) is 42.0 Å². The Morgan fingerprint density at radius 1 is 1.32 bits per heavy atom. The Kier molecular flexibility index (Phi) is 4.76. The number of fused-ring (bicyclic) bond motifs is 1. The van der Waals surface area contributed by atoms with Crippen LogP contribution >= 0.6 is 11.6 Å². The van der Waals surface area contributed by atoms with Crippen LogP contribution in [0.25, 0.3) is 6.08 Å². The summed E-state index contributed by atoms with van der Waals surface area (Å²) in [6.45, 7) is -0.524. The number of aliphatic carboxylic acids is 1. The van der Waals surface area contributed by atoms with Crippen molar-refractivity contribution in [1.82, 2.24) is 0 Å². The molecule has 1 N–H and O–H groups in total. The summed E-state index contributed by atoms with van der Waals surface area (Å²) in [6.07, 6.45) is 2.32. The number of ether oxygens (including phenoxy) is 2. The lowest BCUT2D eigenvalue weighted by atomic mass is 10.1. The molecule has 3 rings (SSSR count). The number of halogens is 1. The van der Waals surface area contributed by atoms with E-state index < -0.39 is 12.6 Å². The van der Waals surface area contributed by atoms with Gasteiger partial charge in [-0.05, 0) is 29.3 Å². The van der Waals surface area contributed by atoms with Crippen molar-refractivity contribution in [3.05, 3.63) is 63.7 Å². The van der Waals surface area contributed by atoms with Crippen molar-refractivity contribution >= 4 is 29.4 Å². The van der Waals surface area contributed by atoms with Crippen molar-refractivity contribution in [3.8, 4) is 11.5 Å². The molecule has 6 heteroatoms. The summed E-state index contributed by atoms with van der Waals surface area (Å²) in [6, 6.07) is 10.8. The van der Waals surface area contributed by atoms with Crippen LogP contribution < -0.4 is 9.47 Å². The molecule has 0 atom stereocenters. The molecule has 0 saturated carbocycles. The van der Waals surface area contributed by atoms with Gasteiger partial charge >= 0.3 is 5.97 Å². The highest BCUT2D eigenvalue weighted by molar-refractivity contribution is 6.32. The first-order valence-electron chi connectivity index (χ1n) is 7.55. The molecule has 1 aliphatic carbocycles. The van der Waals surface area contributed by atoms with E-state index in [1.165, 1.54) is 7.11 Å². The first-order valence-corrected chi connectivity index (χ1v) is 7.92. The fourth-order valence-corrected chi connectivity index (χ4v) is 3.04. The lowest BCUT2D eigenvalue weighted by Gasteiger charge is -2.12. The van der Waals surface area contributed by atoms with E-state index >= 15 is 0 Å². The molecule has 2 aromatic rings. The van der Waals surface area contributed by atoms with Crippen molar-refractivity contribution < 1.29 is 24.2 Å². The van der Waals surface area contributed by atoms with Gasteiger partial charge in [-0.1, -0.05) is 35.9 Å². The summed E-state index contributed by atoms with van der Waals surface area (Å²) in [5.74, 6) is -0.645. The lowest BCUT2D eigenvalue weighted by Crippen LogP contribution is -2.10. The monoisotopic (exact) mass is 358 g/mol. The predicted octanol–water partition coefficient (Wildman–Crippen LogP) is 3.63. The first-order chi connectivity index (χ1) is 12.0. The molecule has 0 spiro atoms. The molecule has 128 valence electrons. The fourth-order valence-electron chi connectivity index (χ4n) is 2.77. The molecular weight excluding hydrogens is 344 g/mol. The van der Waals surface area contributed by atoms with Gasteiger partial charge < -0.3 is 14.6 Å². The number of hydrogen-bond donors (Lipinski definition) is 1. The standard InChI is InChI=1S/C19H15ClO5/c1-24-16-8-11(7-15(20)19(16)25-10-17(21)22)6-13-9-12-4-2-3-5-14(12)18(13)23/h2-8H,9-10H2,1H3,(H,21,22)/b13-6+. The van der Waals surface area contributed by atoms with Crippen molar-refractivity contribution in [2.45, 2.75) is 6.42 Å². The number of carbonyl (C=O) groups is 2. The Labute approximate surface area is 149 Å². The zero-order chi connectivity index (χ0) is 18.0. The summed E-state index contributed by atoms with van der Waals surface area (Å²) < 4.78 is 10.4. The molecular formula is C19H15ClO5. The average molecular weight is 359 g/mol. The van der Waals surface area contributed by atoms with Crippen LogP contribution in [0.3, 0.4) is 0 Å². The molecule has 0 aromatic heterocycles. The number of rotatable bonds is 5. The Morgan fingerprint density at radius 3 is 2.76 bits per heavy atom. The molecule has 0 unspecified atom stereocenters. The maximum atomic E-state index is 12.5. The molecule has 0 radical (unpaired) electrons. The van der Waals surface area contributed by atoms with Crippen LogP contribution in [0, 0.1) is 0 Å². The van der Waals surface area contributed by atoms with Gasteiger partial charge in [-0.15, -0.1) is 0 Å². The number of hydrogen-bond acceptors (Lipinski definition) is 4. The van der Waals surface area contributed by atoms with E-state index in [0.717, 1.165) is 5.56 Å². The Hall–Kier alpha value is -2.79. The highest BCUT2D eigenvalue weighted by atomic mass is 35.5. The van der Waals surface area contributed by atoms with E-state index in [2.05, 4.69) is 0 Å². The smallest absolute Gasteiger partial charge is 0.341 e. The summed E-state index contributed by atoms with van der Waals surface area (Å²) >= 11 is 6.20. The van der Waals surface area contributed by atoms with Crippen LogP contribution in [0.5, 0.6) is 11.5 Å². The Bertz CT molecular complexity index is 885. The number of methoxy groups -OCH3 is 1. The highest BCUT2D eigenvalue weighted by Crippen LogP contribution is 2.37.